The van der Waals surface area contributed by atoms with Crippen molar-refractivity contribution >= 4 is 5.82 Å². The number of aromatic amines is 1. The maximum absolute atomic E-state index is 11.8. The van der Waals surface area contributed by atoms with Crippen molar-refractivity contribution in [2.24, 2.45) is 0 Å². The summed E-state index contributed by atoms with van der Waals surface area (Å²) in [7, 11) is 0. The SMILES string of the molecule is CCc1cc(=O)[nH]c(-c2ccc(NC3CCOC4(CCCCC4)C3)nc2)n1. The number of rotatable bonds is 4. The molecular formula is C21H28N4O2. The topological polar surface area (TPSA) is 79.9 Å². The normalized spacial score (nSPS) is 21.9. The predicted molar refractivity (Wildman–Crippen MR) is 106 cm³/mol. The fourth-order valence-electron chi connectivity index (χ4n) is 4.35. The first kappa shape index (κ1) is 18.2. The van der Waals surface area contributed by atoms with E-state index in [1.165, 1.54) is 32.1 Å². The Kier molecular flexibility index (Phi) is 5.25. The molecule has 1 spiro atoms. The van der Waals surface area contributed by atoms with E-state index in [2.05, 4.69) is 20.3 Å². The number of ether oxygens (including phenoxy) is 1. The lowest BCUT2D eigenvalue weighted by Gasteiger charge is -2.43. The highest BCUT2D eigenvalue weighted by Gasteiger charge is 2.38. The lowest BCUT2D eigenvalue weighted by molar-refractivity contribution is -0.103. The van der Waals surface area contributed by atoms with Crippen molar-refractivity contribution in [3.8, 4) is 11.4 Å². The average molecular weight is 368 g/mol. The van der Waals surface area contributed by atoms with Crippen molar-refractivity contribution in [1.29, 1.82) is 0 Å². The first-order valence-electron chi connectivity index (χ1n) is 10.1. The number of nitrogens with one attached hydrogen (secondary N) is 2. The number of aryl methyl sites for hydroxylation is 1. The van der Waals surface area contributed by atoms with Gasteiger partial charge in [-0.25, -0.2) is 9.97 Å². The van der Waals surface area contributed by atoms with Crippen LogP contribution in [-0.2, 0) is 11.2 Å². The molecule has 3 heterocycles. The number of hydrogen-bond acceptors (Lipinski definition) is 5. The van der Waals surface area contributed by atoms with Crippen LogP contribution in [0, 0.1) is 0 Å². The Balaban J connectivity index is 1.45. The number of pyridine rings is 1. The van der Waals surface area contributed by atoms with E-state index >= 15 is 0 Å². The molecule has 144 valence electrons. The van der Waals surface area contributed by atoms with Crippen molar-refractivity contribution in [2.75, 3.05) is 11.9 Å². The molecule has 2 aromatic rings. The lowest BCUT2D eigenvalue weighted by Crippen LogP contribution is -2.45. The van der Waals surface area contributed by atoms with Crippen molar-refractivity contribution in [3.63, 3.8) is 0 Å². The quantitative estimate of drug-likeness (QED) is 0.860. The first-order valence-corrected chi connectivity index (χ1v) is 10.1. The molecule has 2 aromatic heterocycles. The van der Waals surface area contributed by atoms with Gasteiger partial charge < -0.3 is 15.0 Å². The minimum atomic E-state index is -0.126. The smallest absolute Gasteiger partial charge is 0.251 e. The molecule has 6 heteroatoms. The standard InChI is InChI=1S/C21H28N4O2/c1-2-16-12-19(26)25-20(24-16)15-6-7-18(22-14-15)23-17-8-11-27-21(13-17)9-4-3-5-10-21/h6-7,12,14,17H,2-5,8-11,13H2,1H3,(H,22,23)(H,24,25,26). The van der Waals surface area contributed by atoms with Gasteiger partial charge in [-0.15, -0.1) is 0 Å². The van der Waals surface area contributed by atoms with Crippen molar-refractivity contribution in [2.45, 2.75) is 69.9 Å². The van der Waals surface area contributed by atoms with Crippen LogP contribution in [0.3, 0.4) is 0 Å². The third-order valence-electron chi connectivity index (χ3n) is 5.80. The van der Waals surface area contributed by atoms with Gasteiger partial charge in [-0.3, -0.25) is 4.79 Å². The molecular weight excluding hydrogens is 340 g/mol. The van der Waals surface area contributed by atoms with Crippen LogP contribution in [0.4, 0.5) is 5.82 Å². The molecule has 1 saturated carbocycles. The Morgan fingerprint density at radius 1 is 1.30 bits per heavy atom. The Bertz CT molecular complexity index is 819. The Morgan fingerprint density at radius 2 is 2.15 bits per heavy atom. The van der Waals surface area contributed by atoms with E-state index in [4.69, 9.17) is 4.74 Å². The van der Waals surface area contributed by atoms with Gasteiger partial charge in [0.15, 0.2) is 0 Å². The van der Waals surface area contributed by atoms with Crippen LogP contribution in [-0.4, -0.2) is 33.2 Å². The summed E-state index contributed by atoms with van der Waals surface area (Å²) in [4.78, 5) is 23.6. The molecule has 2 fully saturated rings. The van der Waals surface area contributed by atoms with E-state index in [1.807, 2.05) is 19.1 Å². The Morgan fingerprint density at radius 3 is 2.89 bits per heavy atom. The molecule has 0 bridgehead atoms. The third kappa shape index (κ3) is 4.21. The van der Waals surface area contributed by atoms with E-state index in [9.17, 15) is 4.79 Å². The summed E-state index contributed by atoms with van der Waals surface area (Å²) >= 11 is 0. The molecule has 27 heavy (non-hydrogen) atoms. The van der Waals surface area contributed by atoms with Gasteiger partial charge in [0, 0.05) is 36.2 Å². The molecule has 0 amide bonds. The predicted octanol–water partition coefficient (Wildman–Crippen LogP) is 3.69. The summed E-state index contributed by atoms with van der Waals surface area (Å²) in [6.45, 7) is 2.81. The van der Waals surface area contributed by atoms with Gasteiger partial charge in [0.05, 0.1) is 5.60 Å². The lowest BCUT2D eigenvalue weighted by atomic mass is 9.78. The number of anilines is 1. The largest absolute Gasteiger partial charge is 0.375 e. The second-order valence-electron chi connectivity index (χ2n) is 7.80. The van der Waals surface area contributed by atoms with Gasteiger partial charge in [0.25, 0.3) is 5.56 Å². The molecule has 1 aliphatic heterocycles. The number of hydrogen-bond donors (Lipinski definition) is 2. The van der Waals surface area contributed by atoms with E-state index in [0.29, 0.717) is 11.9 Å². The van der Waals surface area contributed by atoms with Crippen LogP contribution >= 0.6 is 0 Å². The van der Waals surface area contributed by atoms with Crippen molar-refractivity contribution in [1.82, 2.24) is 15.0 Å². The van der Waals surface area contributed by atoms with Crippen LogP contribution in [0.15, 0.2) is 29.2 Å². The number of aromatic nitrogens is 3. The summed E-state index contributed by atoms with van der Waals surface area (Å²) in [6.07, 6.45) is 10.8. The highest BCUT2D eigenvalue weighted by molar-refractivity contribution is 5.56. The van der Waals surface area contributed by atoms with Crippen LogP contribution < -0.4 is 10.9 Å². The highest BCUT2D eigenvalue weighted by atomic mass is 16.5. The van der Waals surface area contributed by atoms with E-state index in [0.717, 1.165) is 42.9 Å². The zero-order chi connectivity index (χ0) is 18.7. The Hall–Kier alpha value is -2.21. The fourth-order valence-corrected chi connectivity index (χ4v) is 4.35. The zero-order valence-corrected chi connectivity index (χ0v) is 16.0. The maximum Gasteiger partial charge on any atom is 0.251 e. The van der Waals surface area contributed by atoms with Crippen molar-refractivity contribution < 1.29 is 4.74 Å². The first-order chi connectivity index (χ1) is 13.2. The molecule has 2 N–H and O–H groups in total. The minimum absolute atomic E-state index is 0.0815. The molecule has 0 radical (unpaired) electrons. The van der Waals surface area contributed by atoms with E-state index in [-0.39, 0.29) is 11.2 Å². The Labute approximate surface area is 159 Å². The van der Waals surface area contributed by atoms with Gasteiger partial charge in [-0.1, -0.05) is 26.2 Å². The third-order valence-corrected chi connectivity index (χ3v) is 5.80. The highest BCUT2D eigenvalue weighted by Crippen LogP contribution is 2.39. The van der Waals surface area contributed by atoms with Gasteiger partial charge in [-0.05, 0) is 44.2 Å². The summed E-state index contributed by atoms with van der Waals surface area (Å²) in [6, 6.07) is 5.87. The molecule has 2 aliphatic rings. The van der Waals surface area contributed by atoms with Gasteiger partial charge in [0.1, 0.15) is 11.6 Å². The second kappa shape index (κ2) is 7.80. The fraction of sp³-hybridized carbons (Fsp3) is 0.571. The molecule has 4 rings (SSSR count). The summed E-state index contributed by atoms with van der Waals surface area (Å²) in [5.74, 6) is 1.44. The second-order valence-corrected chi connectivity index (χ2v) is 7.80. The van der Waals surface area contributed by atoms with Gasteiger partial charge in [-0.2, -0.15) is 0 Å². The van der Waals surface area contributed by atoms with Gasteiger partial charge in [0.2, 0.25) is 0 Å². The zero-order valence-electron chi connectivity index (χ0n) is 16.0. The van der Waals surface area contributed by atoms with E-state index in [1.54, 1.807) is 12.3 Å². The van der Waals surface area contributed by atoms with Crippen LogP contribution in [0.25, 0.3) is 11.4 Å². The molecule has 1 saturated heterocycles. The minimum Gasteiger partial charge on any atom is -0.375 e. The molecule has 1 atom stereocenters. The van der Waals surface area contributed by atoms with E-state index < -0.39 is 0 Å². The summed E-state index contributed by atoms with van der Waals surface area (Å²) in [5, 5.41) is 3.58. The monoisotopic (exact) mass is 368 g/mol. The number of H-pyrrole nitrogens is 1. The van der Waals surface area contributed by atoms with Crippen molar-refractivity contribution in [3.05, 3.63) is 40.4 Å². The van der Waals surface area contributed by atoms with Crippen LogP contribution in [0.1, 0.15) is 57.6 Å². The van der Waals surface area contributed by atoms with Gasteiger partial charge >= 0.3 is 0 Å². The maximum atomic E-state index is 11.8. The average Bonchev–Trinajstić information content (AvgIpc) is 2.69. The summed E-state index contributed by atoms with van der Waals surface area (Å²) in [5.41, 5.74) is 1.57. The molecule has 1 aliphatic carbocycles. The van der Waals surface area contributed by atoms with Crippen LogP contribution in [0.2, 0.25) is 0 Å². The molecule has 1 unspecified atom stereocenters. The number of nitrogens with zero attached hydrogens (tertiary/aromatic N) is 2. The van der Waals surface area contributed by atoms with Crippen LogP contribution in [0.5, 0.6) is 0 Å². The summed E-state index contributed by atoms with van der Waals surface area (Å²) < 4.78 is 6.18. The molecule has 0 aromatic carbocycles. The molecule has 6 nitrogen and oxygen atoms in total.